The lowest BCUT2D eigenvalue weighted by molar-refractivity contribution is 0.690. The van der Waals surface area contributed by atoms with Crippen LogP contribution in [-0.2, 0) is 0 Å². The third-order valence-corrected chi connectivity index (χ3v) is 2.03. The van der Waals surface area contributed by atoms with Crippen molar-refractivity contribution >= 4 is 18.4 Å². The number of aromatic amines is 1. The fourth-order valence-electron chi connectivity index (χ4n) is 0.987. The molecule has 1 N–H and O–H groups in total. The van der Waals surface area contributed by atoms with Crippen LogP contribution in [-0.4, -0.2) is 16.7 Å². The maximum Gasteiger partial charge on any atom is 0.273 e. The Kier molecular flexibility index (Phi) is 2.80. The van der Waals surface area contributed by atoms with Crippen LogP contribution < -0.4 is 0 Å². The molecule has 0 aromatic carbocycles. The molecule has 0 saturated carbocycles. The second-order valence-electron chi connectivity index (χ2n) is 2.87. The van der Waals surface area contributed by atoms with E-state index in [0.29, 0.717) is 17.6 Å². The van der Waals surface area contributed by atoms with E-state index in [0.717, 1.165) is 12.2 Å². The van der Waals surface area contributed by atoms with Crippen molar-refractivity contribution in [2.75, 3.05) is 0 Å². The normalized spacial score (nSPS) is 12.1. The summed E-state index contributed by atoms with van der Waals surface area (Å²) in [7, 11) is 0. The van der Waals surface area contributed by atoms with Gasteiger partial charge in [0.1, 0.15) is 0 Å². The van der Waals surface area contributed by atoms with E-state index in [1.54, 1.807) is 0 Å². The summed E-state index contributed by atoms with van der Waals surface area (Å²) in [5.74, 6) is 1.93. The molecular weight excluding hydrogens is 164 g/mol. The standard InChI is InChI=1S/C9H12N4/c1-5-6(2)7-12-8(10-3)9(11-4)13-7/h6H,3,5H2,1-2H3,(H,12,13). The molecule has 0 saturated heterocycles. The molecular formula is C9H12N4. The summed E-state index contributed by atoms with van der Waals surface area (Å²) in [6.45, 7) is 14.4. The maximum atomic E-state index is 6.87. The van der Waals surface area contributed by atoms with Gasteiger partial charge in [-0.05, 0) is 13.1 Å². The van der Waals surface area contributed by atoms with E-state index in [9.17, 15) is 0 Å². The first-order chi connectivity index (χ1) is 6.22. The summed E-state index contributed by atoms with van der Waals surface area (Å²) < 4.78 is 0. The van der Waals surface area contributed by atoms with Gasteiger partial charge in [-0.2, -0.15) is 0 Å². The first-order valence-corrected chi connectivity index (χ1v) is 4.17. The Morgan fingerprint density at radius 1 is 1.77 bits per heavy atom. The maximum absolute atomic E-state index is 6.87. The zero-order chi connectivity index (χ0) is 9.84. The van der Waals surface area contributed by atoms with Crippen molar-refractivity contribution in [3.05, 3.63) is 17.2 Å². The van der Waals surface area contributed by atoms with Crippen molar-refractivity contribution in [2.45, 2.75) is 26.2 Å². The Hall–Kier alpha value is -1.63. The SMILES string of the molecule is [C-]#[N+]c1[nH]c(C(C)CC)nc1N=C. The molecule has 0 aliphatic rings. The molecule has 1 aromatic rings. The molecule has 1 heterocycles. The third kappa shape index (κ3) is 1.75. The van der Waals surface area contributed by atoms with E-state index in [4.69, 9.17) is 6.57 Å². The highest BCUT2D eigenvalue weighted by atomic mass is 15.1. The van der Waals surface area contributed by atoms with Crippen molar-refractivity contribution in [1.82, 2.24) is 9.97 Å². The van der Waals surface area contributed by atoms with Gasteiger partial charge in [-0.25, -0.2) is 4.98 Å². The number of imidazole rings is 1. The first kappa shape index (κ1) is 9.46. The number of hydrogen-bond donors (Lipinski definition) is 1. The molecule has 1 atom stereocenters. The van der Waals surface area contributed by atoms with Crippen LogP contribution in [0.25, 0.3) is 4.85 Å². The molecule has 4 nitrogen and oxygen atoms in total. The zero-order valence-electron chi connectivity index (χ0n) is 7.83. The molecule has 4 heteroatoms. The summed E-state index contributed by atoms with van der Waals surface area (Å²) in [6.07, 6.45) is 0.988. The predicted octanol–water partition coefficient (Wildman–Crippen LogP) is 2.81. The van der Waals surface area contributed by atoms with Crippen LogP contribution >= 0.6 is 0 Å². The van der Waals surface area contributed by atoms with Crippen LogP contribution in [0.15, 0.2) is 4.99 Å². The Morgan fingerprint density at radius 3 is 2.85 bits per heavy atom. The lowest BCUT2D eigenvalue weighted by atomic mass is 10.1. The van der Waals surface area contributed by atoms with Crippen molar-refractivity contribution in [2.24, 2.45) is 4.99 Å². The average molecular weight is 176 g/mol. The van der Waals surface area contributed by atoms with Crippen LogP contribution in [0, 0.1) is 6.57 Å². The van der Waals surface area contributed by atoms with Gasteiger partial charge in [0, 0.05) is 5.92 Å². The van der Waals surface area contributed by atoms with Gasteiger partial charge in [0.05, 0.1) is 0 Å². The molecule has 0 spiro atoms. The Morgan fingerprint density at radius 2 is 2.46 bits per heavy atom. The van der Waals surface area contributed by atoms with Crippen molar-refractivity contribution in [3.8, 4) is 0 Å². The number of aromatic nitrogens is 2. The van der Waals surface area contributed by atoms with Gasteiger partial charge in [0.2, 0.25) is 0 Å². The Bertz CT molecular complexity index is 345. The molecule has 1 aromatic heterocycles. The predicted molar refractivity (Wildman–Crippen MR) is 52.8 cm³/mol. The number of rotatable bonds is 3. The molecule has 13 heavy (non-hydrogen) atoms. The van der Waals surface area contributed by atoms with E-state index < -0.39 is 0 Å². The van der Waals surface area contributed by atoms with Gasteiger partial charge in [0.15, 0.2) is 11.6 Å². The van der Waals surface area contributed by atoms with Gasteiger partial charge in [-0.3, -0.25) is 9.98 Å². The molecule has 1 unspecified atom stereocenters. The molecule has 0 radical (unpaired) electrons. The first-order valence-electron chi connectivity index (χ1n) is 4.17. The highest BCUT2D eigenvalue weighted by molar-refractivity contribution is 5.60. The summed E-state index contributed by atoms with van der Waals surface area (Å²) >= 11 is 0. The van der Waals surface area contributed by atoms with Crippen LogP contribution in [0.4, 0.5) is 11.6 Å². The molecule has 1 rings (SSSR count). The molecule has 68 valence electrons. The summed E-state index contributed by atoms with van der Waals surface area (Å²) in [6, 6.07) is 0. The van der Waals surface area contributed by atoms with Crippen molar-refractivity contribution < 1.29 is 0 Å². The minimum absolute atomic E-state index is 0.330. The van der Waals surface area contributed by atoms with Crippen LogP contribution in [0.2, 0.25) is 0 Å². The molecule has 0 aliphatic carbocycles. The number of nitrogens with zero attached hydrogens (tertiary/aromatic N) is 3. The molecule has 0 fully saturated rings. The van der Waals surface area contributed by atoms with Crippen molar-refractivity contribution in [1.29, 1.82) is 0 Å². The molecule has 0 amide bonds. The fourth-order valence-corrected chi connectivity index (χ4v) is 0.987. The highest BCUT2D eigenvalue weighted by Gasteiger charge is 2.14. The van der Waals surface area contributed by atoms with Gasteiger partial charge in [0.25, 0.3) is 5.82 Å². The summed E-state index contributed by atoms with van der Waals surface area (Å²) in [4.78, 5) is 14.1. The van der Waals surface area contributed by atoms with Crippen LogP contribution in [0.3, 0.4) is 0 Å². The Balaban J connectivity index is 3.08. The third-order valence-electron chi connectivity index (χ3n) is 2.03. The number of hydrogen-bond acceptors (Lipinski definition) is 2. The fraction of sp³-hybridized carbons (Fsp3) is 0.444. The average Bonchev–Trinajstić information content (AvgIpc) is 2.59. The van der Waals surface area contributed by atoms with E-state index in [1.807, 2.05) is 0 Å². The van der Waals surface area contributed by atoms with Gasteiger partial charge < -0.3 is 4.85 Å². The lowest BCUT2D eigenvalue weighted by Crippen LogP contribution is -1.92. The minimum atomic E-state index is 0.330. The van der Waals surface area contributed by atoms with E-state index in [1.165, 1.54) is 0 Å². The van der Waals surface area contributed by atoms with Gasteiger partial charge in [-0.1, -0.05) is 20.4 Å². The molecule has 0 aliphatic heterocycles. The summed E-state index contributed by atoms with van der Waals surface area (Å²) in [5, 5.41) is 0. The largest absolute Gasteiger partial charge is 0.361 e. The van der Waals surface area contributed by atoms with Gasteiger partial charge >= 0.3 is 0 Å². The smallest absolute Gasteiger partial charge is 0.273 e. The zero-order valence-corrected chi connectivity index (χ0v) is 7.83. The topological polar surface area (TPSA) is 45.4 Å². The second kappa shape index (κ2) is 3.85. The van der Waals surface area contributed by atoms with E-state index >= 15 is 0 Å². The van der Waals surface area contributed by atoms with Crippen molar-refractivity contribution in [3.63, 3.8) is 0 Å². The summed E-state index contributed by atoms with van der Waals surface area (Å²) in [5.41, 5.74) is 0. The highest BCUT2D eigenvalue weighted by Crippen LogP contribution is 2.27. The minimum Gasteiger partial charge on any atom is -0.361 e. The van der Waals surface area contributed by atoms with Crippen LogP contribution in [0.1, 0.15) is 32.0 Å². The Labute approximate surface area is 77.5 Å². The lowest BCUT2D eigenvalue weighted by Gasteiger charge is -1.98. The van der Waals surface area contributed by atoms with E-state index in [-0.39, 0.29) is 0 Å². The number of nitrogens with one attached hydrogen (secondary N) is 1. The monoisotopic (exact) mass is 176 g/mol. The van der Waals surface area contributed by atoms with E-state index in [2.05, 4.69) is 40.4 Å². The quantitative estimate of drug-likeness (QED) is 0.558. The van der Waals surface area contributed by atoms with Gasteiger partial charge in [-0.15, -0.1) is 0 Å². The number of H-pyrrole nitrogens is 1. The van der Waals surface area contributed by atoms with Crippen LogP contribution in [0.5, 0.6) is 0 Å². The second-order valence-corrected chi connectivity index (χ2v) is 2.87. The molecule has 0 bridgehead atoms. The number of aliphatic imine (C=N–C) groups is 1.